The largest absolute Gasteiger partial charge is 0.427 e. The second kappa shape index (κ2) is 8.32. The van der Waals surface area contributed by atoms with Gasteiger partial charge in [0.1, 0.15) is 5.75 Å². The van der Waals surface area contributed by atoms with E-state index in [2.05, 4.69) is 55.5 Å². The fourth-order valence-electron chi connectivity index (χ4n) is 5.29. The van der Waals surface area contributed by atoms with Gasteiger partial charge in [0, 0.05) is 18.3 Å². The Kier molecular flexibility index (Phi) is 5.37. The van der Waals surface area contributed by atoms with Gasteiger partial charge in [0.05, 0.1) is 6.61 Å². The number of carbonyl (C=O) groups excluding carboxylic acids is 1. The second-order valence-corrected chi connectivity index (χ2v) is 8.69. The van der Waals surface area contributed by atoms with E-state index in [-0.39, 0.29) is 24.4 Å². The van der Waals surface area contributed by atoms with Gasteiger partial charge in [-0.3, -0.25) is 4.79 Å². The summed E-state index contributed by atoms with van der Waals surface area (Å²) in [6.07, 6.45) is 4.75. The molecule has 3 nitrogen and oxygen atoms in total. The van der Waals surface area contributed by atoms with Gasteiger partial charge in [0.25, 0.3) is 0 Å². The Labute approximate surface area is 183 Å². The minimum atomic E-state index is -0.148. The lowest BCUT2D eigenvalue weighted by Crippen LogP contribution is -2.27. The summed E-state index contributed by atoms with van der Waals surface area (Å²) in [6, 6.07) is 21.1. The molecule has 3 aliphatic carbocycles. The summed E-state index contributed by atoms with van der Waals surface area (Å²) in [5.41, 5.74) is 8.67. The maximum Gasteiger partial charge on any atom is 0.311 e. The molecule has 2 unspecified atom stereocenters. The van der Waals surface area contributed by atoms with Gasteiger partial charge < -0.3 is 9.84 Å². The van der Waals surface area contributed by atoms with Crippen molar-refractivity contribution in [3.63, 3.8) is 0 Å². The van der Waals surface area contributed by atoms with Crippen LogP contribution in [0.2, 0.25) is 0 Å². The molecule has 3 aromatic carbocycles. The minimum absolute atomic E-state index is 0.0479. The van der Waals surface area contributed by atoms with E-state index in [9.17, 15) is 9.90 Å². The van der Waals surface area contributed by atoms with E-state index < -0.39 is 0 Å². The zero-order chi connectivity index (χ0) is 21.4. The second-order valence-electron chi connectivity index (χ2n) is 8.69. The summed E-state index contributed by atoms with van der Waals surface area (Å²) < 4.78 is 5.71. The molecule has 0 radical (unpaired) electrons. The van der Waals surface area contributed by atoms with Crippen molar-refractivity contribution in [3.8, 4) is 5.75 Å². The van der Waals surface area contributed by atoms with Gasteiger partial charge in [-0.25, -0.2) is 0 Å². The Balaban J connectivity index is 1.49. The lowest BCUT2D eigenvalue weighted by atomic mass is 9.61. The van der Waals surface area contributed by atoms with E-state index >= 15 is 0 Å². The maximum atomic E-state index is 12.3. The summed E-state index contributed by atoms with van der Waals surface area (Å²) in [4.78, 5) is 12.3. The molecule has 3 heteroatoms. The van der Waals surface area contributed by atoms with E-state index in [0.29, 0.717) is 12.2 Å². The van der Waals surface area contributed by atoms with Crippen LogP contribution in [0.3, 0.4) is 0 Å². The average molecular weight is 413 g/mol. The van der Waals surface area contributed by atoms with Crippen LogP contribution in [0.4, 0.5) is 0 Å². The fraction of sp³-hybridized carbons (Fsp3) is 0.321. The Morgan fingerprint density at radius 1 is 0.806 bits per heavy atom. The number of unbranched alkanes of at least 4 members (excludes halogenated alkanes) is 3. The molecule has 0 saturated carbocycles. The summed E-state index contributed by atoms with van der Waals surface area (Å²) in [7, 11) is 0. The number of hydrogen-bond donors (Lipinski definition) is 1. The zero-order valence-corrected chi connectivity index (χ0v) is 17.9. The summed E-state index contributed by atoms with van der Waals surface area (Å²) in [5, 5.41) is 9.66. The van der Waals surface area contributed by atoms with Crippen molar-refractivity contribution in [1.29, 1.82) is 0 Å². The highest BCUT2D eigenvalue weighted by atomic mass is 16.5. The van der Waals surface area contributed by atoms with Crippen molar-refractivity contribution in [3.05, 3.63) is 99.6 Å². The van der Waals surface area contributed by atoms with Crippen molar-refractivity contribution < 1.29 is 14.6 Å². The predicted octanol–water partition coefficient (Wildman–Crippen LogP) is 6.04. The average Bonchev–Trinajstić information content (AvgIpc) is 2.81. The molecule has 1 N–H and O–H groups in total. The molecule has 3 aliphatic rings. The van der Waals surface area contributed by atoms with E-state index in [4.69, 9.17) is 4.74 Å². The fourth-order valence-corrected chi connectivity index (χ4v) is 5.29. The van der Waals surface area contributed by atoms with E-state index in [1.54, 1.807) is 0 Å². The van der Waals surface area contributed by atoms with Crippen LogP contribution in [0.1, 0.15) is 89.8 Å². The number of benzene rings is 3. The van der Waals surface area contributed by atoms with Crippen LogP contribution in [0, 0.1) is 0 Å². The third-order valence-corrected chi connectivity index (χ3v) is 6.72. The van der Waals surface area contributed by atoms with Crippen LogP contribution in [-0.4, -0.2) is 11.1 Å². The number of aliphatic hydroxyl groups is 1. The molecular weight excluding hydrogens is 384 g/mol. The molecule has 0 aliphatic heterocycles. The molecule has 2 atom stereocenters. The van der Waals surface area contributed by atoms with Crippen molar-refractivity contribution in [2.45, 2.75) is 57.5 Å². The van der Waals surface area contributed by atoms with Gasteiger partial charge in [-0.15, -0.1) is 0 Å². The number of carbonyl (C=O) groups is 1. The van der Waals surface area contributed by atoms with Crippen LogP contribution in [-0.2, 0) is 11.4 Å². The van der Waals surface area contributed by atoms with Gasteiger partial charge in [0.15, 0.2) is 0 Å². The highest BCUT2D eigenvalue weighted by Gasteiger charge is 2.41. The van der Waals surface area contributed by atoms with Gasteiger partial charge in [-0.05, 0) is 57.5 Å². The molecule has 0 spiro atoms. The number of aliphatic hydroxyl groups excluding tert-OH is 1. The van der Waals surface area contributed by atoms with E-state index in [1.165, 1.54) is 33.4 Å². The molecule has 0 aromatic heterocycles. The Hall–Kier alpha value is -2.91. The van der Waals surface area contributed by atoms with Crippen LogP contribution in [0.15, 0.2) is 60.7 Å². The van der Waals surface area contributed by atoms with Gasteiger partial charge in [0.2, 0.25) is 0 Å². The van der Waals surface area contributed by atoms with Crippen molar-refractivity contribution in [2.75, 3.05) is 0 Å². The Morgan fingerprint density at radius 2 is 1.45 bits per heavy atom. The molecule has 158 valence electrons. The third kappa shape index (κ3) is 3.47. The zero-order valence-electron chi connectivity index (χ0n) is 17.9. The number of ether oxygens (including phenoxy) is 1. The first-order valence-electron chi connectivity index (χ1n) is 11.4. The highest BCUT2D eigenvalue weighted by Crippen LogP contribution is 2.56. The van der Waals surface area contributed by atoms with Crippen LogP contribution >= 0.6 is 0 Å². The van der Waals surface area contributed by atoms with E-state index in [1.807, 2.05) is 12.1 Å². The topological polar surface area (TPSA) is 46.5 Å². The van der Waals surface area contributed by atoms with Gasteiger partial charge in [-0.1, -0.05) is 74.7 Å². The Bertz CT molecular complexity index is 1130. The molecule has 0 fully saturated rings. The number of rotatable bonds is 7. The lowest BCUT2D eigenvalue weighted by Gasteiger charge is -2.42. The molecule has 0 saturated heterocycles. The van der Waals surface area contributed by atoms with Crippen LogP contribution < -0.4 is 4.74 Å². The van der Waals surface area contributed by atoms with Gasteiger partial charge in [-0.2, -0.15) is 0 Å². The number of esters is 1. The van der Waals surface area contributed by atoms with Crippen molar-refractivity contribution in [1.82, 2.24) is 0 Å². The van der Waals surface area contributed by atoms with E-state index in [0.717, 1.165) is 31.2 Å². The quantitative estimate of drug-likeness (QED) is 0.201. The molecule has 0 heterocycles. The van der Waals surface area contributed by atoms with Crippen molar-refractivity contribution in [2.24, 2.45) is 0 Å². The Morgan fingerprint density at radius 3 is 2.13 bits per heavy atom. The van der Waals surface area contributed by atoms with Crippen LogP contribution in [0.25, 0.3) is 0 Å². The summed E-state index contributed by atoms with van der Waals surface area (Å²) >= 11 is 0. The normalized spacial score (nSPS) is 17.6. The maximum absolute atomic E-state index is 12.3. The standard InChI is InChI=1S/C28H28O3/c1-2-3-4-5-10-26(30)31-19-12-14-23-25(16-19)28-21-9-7-6-8-20(21)27(23)24-15-18(17-29)11-13-22(24)28/h6-9,11-16,27-29H,2-5,10,17H2,1H3. The monoisotopic (exact) mass is 412 g/mol. The van der Waals surface area contributed by atoms with Gasteiger partial charge >= 0.3 is 5.97 Å². The highest BCUT2D eigenvalue weighted by molar-refractivity contribution is 5.73. The third-order valence-electron chi connectivity index (χ3n) is 6.72. The predicted molar refractivity (Wildman–Crippen MR) is 122 cm³/mol. The first-order valence-corrected chi connectivity index (χ1v) is 11.4. The van der Waals surface area contributed by atoms with Crippen LogP contribution in [0.5, 0.6) is 5.75 Å². The SMILES string of the molecule is CCCCCCC(=O)Oc1ccc2c(c1)C1c3ccccc3C2c2cc(CO)ccc21. The smallest absolute Gasteiger partial charge is 0.311 e. The molecule has 31 heavy (non-hydrogen) atoms. The first-order chi connectivity index (χ1) is 15.2. The molecule has 6 rings (SSSR count). The van der Waals surface area contributed by atoms with Crippen molar-refractivity contribution >= 4 is 5.97 Å². The molecule has 0 amide bonds. The number of hydrogen-bond acceptors (Lipinski definition) is 3. The lowest BCUT2D eigenvalue weighted by molar-refractivity contribution is -0.134. The molecular formula is C28H28O3. The molecule has 2 bridgehead atoms. The minimum Gasteiger partial charge on any atom is -0.427 e. The first kappa shape index (κ1) is 20.0. The molecule has 3 aromatic rings. The summed E-state index contributed by atoms with van der Waals surface area (Å²) in [5.74, 6) is 0.766. The summed E-state index contributed by atoms with van der Waals surface area (Å²) in [6.45, 7) is 2.21.